The van der Waals surface area contributed by atoms with E-state index in [-0.39, 0.29) is 0 Å². The molecule has 0 radical (unpaired) electrons. The summed E-state index contributed by atoms with van der Waals surface area (Å²) in [5, 5.41) is 3.25. The van der Waals surface area contributed by atoms with Gasteiger partial charge in [-0.05, 0) is 19.4 Å². The molecule has 1 aliphatic rings. The molecule has 3 N–H and O–H groups in total. The number of nitrogens with zero attached hydrogens (tertiary/aromatic N) is 1. The number of rotatable bonds is 3. The lowest BCUT2D eigenvalue weighted by Crippen LogP contribution is -2.29. The Kier molecular flexibility index (Phi) is 3.22. The Hall–Kier alpha value is -0.570. The van der Waals surface area contributed by atoms with Crippen LogP contribution in [-0.4, -0.2) is 25.5 Å². The van der Waals surface area contributed by atoms with E-state index in [9.17, 15) is 0 Å². The second-order valence-electron chi connectivity index (χ2n) is 2.50. The van der Waals surface area contributed by atoms with Crippen molar-refractivity contribution in [3.8, 4) is 0 Å². The average molecular weight is 141 g/mol. The number of hydrogen-bond acceptors (Lipinski definition) is 3. The van der Waals surface area contributed by atoms with Crippen LogP contribution in [-0.2, 0) is 0 Å². The van der Waals surface area contributed by atoms with E-state index in [4.69, 9.17) is 5.73 Å². The molecule has 0 fully saturated rings. The molecule has 0 saturated heterocycles. The fourth-order valence-electron chi connectivity index (χ4n) is 1.02. The normalized spacial score (nSPS) is 17.9. The van der Waals surface area contributed by atoms with Crippen LogP contribution in [0.3, 0.4) is 0 Å². The van der Waals surface area contributed by atoms with Crippen LogP contribution in [0.1, 0.15) is 19.3 Å². The van der Waals surface area contributed by atoms with Crippen LogP contribution < -0.4 is 11.1 Å². The van der Waals surface area contributed by atoms with E-state index in [0.29, 0.717) is 0 Å². The smallest absolute Gasteiger partial charge is 0.0963 e. The lowest BCUT2D eigenvalue weighted by atomic mass is 10.2. The summed E-state index contributed by atoms with van der Waals surface area (Å²) in [7, 11) is 0. The maximum atomic E-state index is 5.36. The molecule has 0 aliphatic carbocycles. The highest BCUT2D eigenvalue weighted by atomic mass is 15.0. The number of amidine groups is 1. The first kappa shape index (κ1) is 7.54. The fourth-order valence-corrected chi connectivity index (χ4v) is 1.02. The SMILES string of the molecule is NCCCC1=NCCCN1. The quantitative estimate of drug-likeness (QED) is 0.586. The van der Waals surface area contributed by atoms with Gasteiger partial charge in [-0.25, -0.2) is 0 Å². The van der Waals surface area contributed by atoms with Crippen molar-refractivity contribution in [3.05, 3.63) is 0 Å². The lowest BCUT2D eigenvalue weighted by molar-refractivity contribution is 0.714. The monoisotopic (exact) mass is 141 g/mol. The van der Waals surface area contributed by atoms with E-state index in [1.54, 1.807) is 0 Å². The van der Waals surface area contributed by atoms with Gasteiger partial charge in [0.05, 0.1) is 5.84 Å². The second kappa shape index (κ2) is 4.28. The average Bonchev–Trinajstić information content (AvgIpc) is 2.03. The molecule has 0 aromatic rings. The van der Waals surface area contributed by atoms with Gasteiger partial charge in [-0.1, -0.05) is 0 Å². The predicted octanol–water partition coefficient (Wildman–Crippen LogP) is 0.117. The van der Waals surface area contributed by atoms with E-state index in [1.165, 1.54) is 6.42 Å². The fraction of sp³-hybridized carbons (Fsp3) is 0.857. The molecule has 3 nitrogen and oxygen atoms in total. The van der Waals surface area contributed by atoms with Gasteiger partial charge in [0, 0.05) is 19.5 Å². The zero-order valence-electron chi connectivity index (χ0n) is 6.27. The lowest BCUT2D eigenvalue weighted by Gasteiger charge is -2.13. The summed E-state index contributed by atoms with van der Waals surface area (Å²) in [5.74, 6) is 1.15. The highest BCUT2D eigenvalue weighted by Gasteiger charge is 2.01. The molecular formula is C7H15N3. The van der Waals surface area contributed by atoms with Crippen molar-refractivity contribution in [1.82, 2.24) is 5.32 Å². The van der Waals surface area contributed by atoms with E-state index < -0.39 is 0 Å². The van der Waals surface area contributed by atoms with Crippen molar-refractivity contribution in [2.45, 2.75) is 19.3 Å². The van der Waals surface area contributed by atoms with E-state index in [1.807, 2.05) is 0 Å². The Morgan fingerprint density at radius 1 is 1.60 bits per heavy atom. The standard InChI is InChI=1S/C7H15N3/c8-4-1-3-7-9-5-2-6-10-7/h1-6,8H2,(H,9,10). The van der Waals surface area contributed by atoms with Gasteiger partial charge in [-0.2, -0.15) is 0 Å². The summed E-state index contributed by atoms with van der Waals surface area (Å²) in [6.45, 7) is 2.84. The van der Waals surface area contributed by atoms with E-state index in [2.05, 4.69) is 10.3 Å². The third kappa shape index (κ3) is 2.35. The first-order valence-electron chi connectivity index (χ1n) is 3.91. The molecule has 1 aliphatic heterocycles. The van der Waals surface area contributed by atoms with Crippen molar-refractivity contribution in [1.29, 1.82) is 0 Å². The van der Waals surface area contributed by atoms with Crippen molar-refractivity contribution in [3.63, 3.8) is 0 Å². The molecule has 10 heavy (non-hydrogen) atoms. The summed E-state index contributed by atoms with van der Waals surface area (Å²) >= 11 is 0. The minimum absolute atomic E-state index is 0.765. The Balaban J connectivity index is 2.18. The molecule has 1 rings (SSSR count). The Morgan fingerprint density at radius 2 is 2.50 bits per heavy atom. The van der Waals surface area contributed by atoms with Crippen molar-refractivity contribution >= 4 is 5.84 Å². The zero-order valence-corrected chi connectivity index (χ0v) is 6.27. The Morgan fingerprint density at radius 3 is 3.10 bits per heavy atom. The van der Waals surface area contributed by atoms with Gasteiger partial charge in [0.1, 0.15) is 0 Å². The van der Waals surface area contributed by atoms with E-state index in [0.717, 1.165) is 38.3 Å². The zero-order chi connectivity index (χ0) is 7.23. The molecule has 0 bridgehead atoms. The summed E-state index contributed by atoms with van der Waals surface area (Å²) in [6.07, 6.45) is 3.24. The molecule has 1 heterocycles. The minimum atomic E-state index is 0.765. The Labute approximate surface area is 61.7 Å². The van der Waals surface area contributed by atoms with Crippen LogP contribution in [0.5, 0.6) is 0 Å². The third-order valence-electron chi connectivity index (χ3n) is 1.58. The number of nitrogens with two attached hydrogens (primary N) is 1. The van der Waals surface area contributed by atoms with Gasteiger partial charge in [-0.3, -0.25) is 4.99 Å². The molecule has 58 valence electrons. The number of aliphatic imine (C=N–C) groups is 1. The summed E-state index contributed by atoms with van der Waals surface area (Å²) in [5.41, 5.74) is 5.36. The van der Waals surface area contributed by atoms with Crippen molar-refractivity contribution in [2.24, 2.45) is 10.7 Å². The van der Waals surface area contributed by atoms with Crippen LogP contribution in [0.15, 0.2) is 4.99 Å². The van der Waals surface area contributed by atoms with Crippen LogP contribution >= 0.6 is 0 Å². The first-order chi connectivity index (χ1) is 4.93. The van der Waals surface area contributed by atoms with Gasteiger partial charge in [-0.15, -0.1) is 0 Å². The summed E-state index contributed by atoms with van der Waals surface area (Å²) < 4.78 is 0. The number of hydrogen-bond donors (Lipinski definition) is 2. The molecular weight excluding hydrogens is 126 g/mol. The first-order valence-corrected chi connectivity index (χ1v) is 3.91. The number of nitrogens with one attached hydrogen (secondary N) is 1. The third-order valence-corrected chi connectivity index (χ3v) is 1.58. The molecule has 0 saturated carbocycles. The predicted molar refractivity (Wildman–Crippen MR) is 43.2 cm³/mol. The molecule has 0 unspecified atom stereocenters. The topological polar surface area (TPSA) is 50.4 Å². The van der Waals surface area contributed by atoms with Gasteiger partial charge in [0.15, 0.2) is 0 Å². The van der Waals surface area contributed by atoms with Crippen LogP contribution in [0.4, 0.5) is 0 Å². The van der Waals surface area contributed by atoms with Crippen molar-refractivity contribution in [2.75, 3.05) is 19.6 Å². The largest absolute Gasteiger partial charge is 0.374 e. The van der Waals surface area contributed by atoms with Gasteiger partial charge < -0.3 is 11.1 Å². The minimum Gasteiger partial charge on any atom is -0.374 e. The second-order valence-corrected chi connectivity index (χ2v) is 2.50. The molecule has 0 aromatic heterocycles. The molecule has 0 spiro atoms. The van der Waals surface area contributed by atoms with Crippen LogP contribution in [0, 0.1) is 0 Å². The molecule has 3 heteroatoms. The summed E-state index contributed by atoms with van der Waals surface area (Å²) in [4.78, 5) is 4.32. The van der Waals surface area contributed by atoms with Crippen LogP contribution in [0.25, 0.3) is 0 Å². The highest BCUT2D eigenvalue weighted by molar-refractivity contribution is 5.82. The van der Waals surface area contributed by atoms with Gasteiger partial charge in [0.25, 0.3) is 0 Å². The Bertz CT molecular complexity index is 120. The maximum absolute atomic E-state index is 5.36. The van der Waals surface area contributed by atoms with Crippen LogP contribution in [0.2, 0.25) is 0 Å². The van der Waals surface area contributed by atoms with E-state index >= 15 is 0 Å². The molecule has 0 aromatic carbocycles. The van der Waals surface area contributed by atoms with Gasteiger partial charge >= 0.3 is 0 Å². The highest BCUT2D eigenvalue weighted by Crippen LogP contribution is 1.95. The molecule has 0 amide bonds. The van der Waals surface area contributed by atoms with Gasteiger partial charge in [0.2, 0.25) is 0 Å². The maximum Gasteiger partial charge on any atom is 0.0963 e. The van der Waals surface area contributed by atoms with Crippen molar-refractivity contribution < 1.29 is 0 Å². The molecule has 0 atom stereocenters. The summed E-state index contributed by atoms with van der Waals surface area (Å²) in [6, 6.07) is 0.